The van der Waals surface area contributed by atoms with Crippen LogP contribution in [0.5, 0.6) is 0 Å². The van der Waals surface area contributed by atoms with Crippen molar-refractivity contribution in [3.63, 3.8) is 0 Å². The highest BCUT2D eigenvalue weighted by Gasteiger charge is 2.05. The van der Waals surface area contributed by atoms with Crippen LogP contribution >= 0.6 is 11.8 Å². The van der Waals surface area contributed by atoms with E-state index in [0.29, 0.717) is 11.4 Å². The second-order valence-electron chi connectivity index (χ2n) is 3.40. The smallest absolute Gasteiger partial charge is 0.175 e. The first-order valence-electron chi connectivity index (χ1n) is 4.98. The van der Waals surface area contributed by atoms with E-state index in [4.69, 9.17) is 5.53 Å². The molecule has 0 bridgehead atoms. The highest BCUT2D eigenvalue weighted by atomic mass is 32.2. The monoisotopic (exact) mass is 271 g/mol. The molecule has 1 aromatic carbocycles. The topological polar surface area (TPSA) is 82.9 Å². The predicted molar refractivity (Wildman–Crippen MR) is 68.9 cm³/mol. The molecular weight excluding hydrogens is 258 g/mol. The maximum Gasteiger partial charge on any atom is 0.175 e. The Morgan fingerprint density at radius 3 is 2.53 bits per heavy atom. The van der Waals surface area contributed by atoms with Crippen LogP contribution in [0.2, 0.25) is 0 Å². The molecule has 0 N–H and O–H groups in total. The largest absolute Gasteiger partial charge is 0.224 e. The van der Waals surface area contributed by atoms with Crippen molar-refractivity contribution >= 4 is 21.6 Å². The Hall–Kier alpha value is -1.17. The minimum Gasteiger partial charge on any atom is -0.224 e. The molecule has 0 fully saturated rings. The van der Waals surface area contributed by atoms with Crippen molar-refractivity contribution < 1.29 is 8.42 Å². The average Bonchev–Trinajstić information content (AvgIpc) is 2.28. The molecule has 0 saturated carbocycles. The van der Waals surface area contributed by atoms with Gasteiger partial charge in [-0.05, 0) is 42.0 Å². The van der Waals surface area contributed by atoms with Gasteiger partial charge in [-0.15, -0.1) is 11.8 Å². The van der Waals surface area contributed by atoms with Crippen LogP contribution in [-0.4, -0.2) is 27.0 Å². The number of hydrogen-bond donors (Lipinski definition) is 0. The molecule has 0 saturated heterocycles. The van der Waals surface area contributed by atoms with Gasteiger partial charge in [-0.3, -0.25) is 0 Å². The van der Waals surface area contributed by atoms with E-state index in [9.17, 15) is 8.42 Å². The van der Waals surface area contributed by atoms with Crippen molar-refractivity contribution in [1.82, 2.24) is 0 Å². The molecule has 0 aliphatic carbocycles. The summed E-state index contributed by atoms with van der Waals surface area (Å²) >= 11 is 1.61. The SMILES string of the molecule is CS(=O)(=O)c1ccc(SCCCN=[N+]=[N-])cc1. The molecule has 0 spiro atoms. The first-order chi connectivity index (χ1) is 8.04. The van der Waals surface area contributed by atoms with Crippen molar-refractivity contribution in [2.75, 3.05) is 18.6 Å². The summed E-state index contributed by atoms with van der Waals surface area (Å²) in [4.78, 5) is 4.01. The van der Waals surface area contributed by atoms with Crippen molar-refractivity contribution in [3.05, 3.63) is 34.7 Å². The van der Waals surface area contributed by atoms with E-state index < -0.39 is 9.84 Å². The zero-order chi connectivity index (χ0) is 12.7. The Labute approximate surface area is 105 Å². The van der Waals surface area contributed by atoms with Crippen LogP contribution in [0, 0.1) is 0 Å². The fraction of sp³-hybridized carbons (Fsp3) is 0.400. The van der Waals surface area contributed by atoms with E-state index in [1.165, 1.54) is 6.26 Å². The van der Waals surface area contributed by atoms with E-state index in [1.807, 2.05) is 0 Å². The minimum atomic E-state index is -3.12. The highest BCUT2D eigenvalue weighted by molar-refractivity contribution is 7.99. The highest BCUT2D eigenvalue weighted by Crippen LogP contribution is 2.20. The molecule has 0 aromatic heterocycles. The minimum absolute atomic E-state index is 0.330. The summed E-state index contributed by atoms with van der Waals surface area (Å²) < 4.78 is 22.4. The first kappa shape index (κ1) is 13.9. The van der Waals surface area contributed by atoms with Crippen LogP contribution in [0.15, 0.2) is 39.2 Å². The van der Waals surface area contributed by atoms with E-state index in [2.05, 4.69) is 10.0 Å². The summed E-state index contributed by atoms with van der Waals surface area (Å²) in [5.74, 6) is 0.844. The third-order valence-electron chi connectivity index (χ3n) is 1.99. The van der Waals surface area contributed by atoms with Crippen LogP contribution in [0.3, 0.4) is 0 Å². The number of benzene rings is 1. The van der Waals surface area contributed by atoms with Crippen molar-refractivity contribution in [2.45, 2.75) is 16.2 Å². The number of sulfone groups is 1. The van der Waals surface area contributed by atoms with Gasteiger partial charge in [0.25, 0.3) is 0 Å². The normalized spacial score (nSPS) is 10.9. The number of rotatable bonds is 6. The Morgan fingerprint density at radius 1 is 1.35 bits per heavy atom. The second-order valence-corrected chi connectivity index (χ2v) is 6.58. The number of azide groups is 1. The molecule has 0 aliphatic heterocycles. The summed E-state index contributed by atoms with van der Waals surface area (Å²) in [7, 11) is -3.12. The lowest BCUT2D eigenvalue weighted by Crippen LogP contribution is -1.96. The maximum absolute atomic E-state index is 11.2. The van der Waals surface area contributed by atoms with Crippen LogP contribution in [0.4, 0.5) is 0 Å². The molecule has 0 atom stereocenters. The molecule has 1 aromatic rings. The standard InChI is InChI=1S/C10H13N3O2S2/c1-17(14,15)10-5-3-9(4-6-10)16-8-2-7-12-13-11/h3-6H,2,7-8H2,1H3. The molecule has 5 nitrogen and oxygen atoms in total. The fourth-order valence-electron chi connectivity index (χ4n) is 1.15. The van der Waals surface area contributed by atoms with E-state index in [1.54, 1.807) is 36.0 Å². The van der Waals surface area contributed by atoms with Crippen LogP contribution in [-0.2, 0) is 9.84 Å². The molecule has 0 heterocycles. The van der Waals surface area contributed by atoms with Crippen molar-refractivity contribution in [2.24, 2.45) is 5.11 Å². The molecule has 0 radical (unpaired) electrons. The zero-order valence-electron chi connectivity index (χ0n) is 9.41. The third-order valence-corrected chi connectivity index (χ3v) is 4.21. The Morgan fingerprint density at radius 2 is 2.00 bits per heavy atom. The van der Waals surface area contributed by atoms with Crippen LogP contribution in [0.1, 0.15) is 6.42 Å². The van der Waals surface area contributed by atoms with Gasteiger partial charge in [-0.1, -0.05) is 5.11 Å². The average molecular weight is 271 g/mol. The molecule has 7 heteroatoms. The molecule has 17 heavy (non-hydrogen) atoms. The zero-order valence-corrected chi connectivity index (χ0v) is 11.0. The Kier molecular flexibility index (Phi) is 5.34. The van der Waals surface area contributed by atoms with Gasteiger partial charge in [-0.2, -0.15) is 0 Å². The number of hydrogen-bond acceptors (Lipinski definition) is 4. The lowest BCUT2D eigenvalue weighted by molar-refractivity contribution is 0.602. The van der Waals surface area contributed by atoms with Crippen molar-refractivity contribution in [1.29, 1.82) is 0 Å². The van der Waals surface area contributed by atoms with Gasteiger partial charge in [0.15, 0.2) is 9.84 Å². The fourth-order valence-corrected chi connectivity index (χ4v) is 2.62. The lowest BCUT2D eigenvalue weighted by atomic mass is 10.4. The predicted octanol–water partition coefficient (Wildman–Crippen LogP) is 2.88. The summed E-state index contributed by atoms with van der Waals surface area (Å²) in [5, 5.41) is 3.44. The number of thioether (sulfide) groups is 1. The summed E-state index contributed by atoms with van der Waals surface area (Å²) in [5.41, 5.74) is 8.08. The first-order valence-corrected chi connectivity index (χ1v) is 7.85. The summed E-state index contributed by atoms with van der Waals surface area (Å²) in [6.45, 7) is 0.491. The van der Waals surface area contributed by atoms with Gasteiger partial charge in [0.1, 0.15) is 0 Å². The van der Waals surface area contributed by atoms with Gasteiger partial charge < -0.3 is 0 Å². The Balaban J connectivity index is 2.49. The quantitative estimate of drug-likeness (QED) is 0.262. The van der Waals surface area contributed by atoms with E-state index in [0.717, 1.165) is 17.1 Å². The van der Waals surface area contributed by atoms with Crippen LogP contribution in [0.25, 0.3) is 10.4 Å². The van der Waals surface area contributed by atoms with E-state index in [-0.39, 0.29) is 0 Å². The molecule has 0 unspecified atom stereocenters. The molecular formula is C10H13N3O2S2. The number of nitrogens with zero attached hydrogens (tertiary/aromatic N) is 3. The third kappa shape index (κ3) is 5.12. The van der Waals surface area contributed by atoms with E-state index >= 15 is 0 Å². The van der Waals surface area contributed by atoms with Crippen molar-refractivity contribution in [3.8, 4) is 0 Å². The maximum atomic E-state index is 11.2. The van der Waals surface area contributed by atoms with Gasteiger partial charge in [0.05, 0.1) is 4.90 Å². The summed E-state index contributed by atoms with van der Waals surface area (Å²) in [6, 6.07) is 6.78. The molecule has 0 amide bonds. The molecule has 0 aliphatic rings. The van der Waals surface area contributed by atoms with Gasteiger partial charge in [-0.25, -0.2) is 8.42 Å². The van der Waals surface area contributed by atoms with Gasteiger partial charge >= 0.3 is 0 Å². The van der Waals surface area contributed by atoms with Gasteiger partial charge in [0.2, 0.25) is 0 Å². The lowest BCUT2D eigenvalue weighted by Gasteiger charge is -2.02. The molecule has 1 rings (SSSR count). The summed E-state index contributed by atoms with van der Waals surface area (Å²) in [6.07, 6.45) is 2.00. The Bertz CT molecular complexity index is 505. The van der Waals surface area contributed by atoms with Gasteiger partial charge in [0, 0.05) is 22.6 Å². The van der Waals surface area contributed by atoms with Crippen LogP contribution < -0.4 is 0 Å². The molecule has 92 valence electrons. The second kappa shape index (κ2) is 6.54.